The second kappa shape index (κ2) is 5.08. The zero-order valence-corrected chi connectivity index (χ0v) is 9.30. The van der Waals surface area contributed by atoms with E-state index >= 15 is 0 Å². The summed E-state index contributed by atoms with van der Waals surface area (Å²) in [5.41, 5.74) is 7.58. The third kappa shape index (κ3) is 2.79. The molecule has 1 aromatic rings. The van der Waals surface area contributed by atoms with Gasteiger partial charge in [0.15, 0.2) is 0 Å². The van der Waals surface area contributed by atoms with Crippen LogP contribution in [-0.2, 0) is 0 Å². The van der Waals surface area contributed by atoms with Crippen LogP contribution in [0.5, 0.6) is 0 Å². The molecule has 0 saturated carbocycles. The first-order valence-electron chi connectivity index (χ1n) is 4.56. The highest BCUT2D eigenvalue weighted by molar-refractivity contribution is 6.31. The molecule has 0 fully saturated rings. The van der Waals surface area contributed by atoms with Crippen LogP contribution in [0, 0.1) is 0 Å². The number of hydrogen-bond acceptors (Lipinski definition) is 3. The van der Waals surface area contributed by atoms with E-state index in [0.717, 1.165) is 24.5 Å². The molecule has 3 N–H and O–H groups in total. The fourth-order valence-electron chi connectivity index (χ4n) is 1.25. The van der Waals surface area contributed by atoms with Crippen LogP contribution in [0.4, 0.5) is 11.4 Å². The van der Waals surface area contributed by atoms with E-state index in [1.807, 2.05) is 26.2 Å². The highest BCUT2D eigenvalue weighted by Crippen LogP contribution is 2.25. The second-order valence-electron chi connectivity index (χ2n) is 3.23. The standard InChI is InChI=1S/C10H16ClN3/c1-13-5-6-14(2)10-7-8(11)3-4-9(10)12/h3-4,7,13H,5-6,12H2,1-2H3. The summed E-state index contributed by atoms with van der Waals surface area (Å²) in [4.78, 5) is 2.08. The first-order valence-corrected chi connectivity index (χ1v) is 4.93. The molecule has 3 nitrogen and oxygen atoms in total. The third-order valence-corrected chi connectivity index (χ3v) is 2.34. The lowest BCUT2D eigenvalue weighted by Crippen LogP contribution is -2.27. The lowest BCUT2D eigenvalue weighted by Gasteiger charge is -2.21. The van der Waals surface area contributed by atoms with E-state index in [1.165, 1.54) is 0 Å². The monoisotopic (exact) mass is 213 g/mol. The minimum absolute atomic E-state index is 0.713. The van der Waals surface area contributed by atoms with Crippen LogP contribution in [0.15, 0.2) is 18.2 Å². The Morgan fingerprint density at radius 2 is 2.21 bits per heavy atom. The number of hydrogen-bond donors (Lipinski definition) is 2. The maximum absolute atomic E-state index is 5.90. The third-order valence-electron chi connectivity index (χ3n) is 2.10. The van der Waals surface area contributed by atoms with Crippen LogP contribution in [0.3, 0.4) is 0 Å². The van der Waals surface area contributed by atoms with E-state index in [0.29, 0.717) is 5.02 Å². The molecule has 0 heterocycles. The molecule has 4 heteroatoms. The number of nitrogens with zero attached hydrogens (tertiary/aromatic N) is 1. The maximum atomic E-state index is 5.90. The molecule has 0 aliphatic rings. The smallest absolute Gasteiger partial charge is 0.0612 e. The van der Waals surface area contributed by atoms with Crippen LogP contribution in [0.2, 0.25) is 5.02 Å². The van der Waals surface area contributed by atoms with E-state index in [9.17, 15) is 0 Å². The number of rotatable bonds is 4. The summed E-state index contributed by atoms with van der Waals surface area (Å²) in [6.45, 7) is 1.82. The number of likely N-dealkylation sites (N-methyl/N-ethyl adjacent to an activating group) is 2. The van der Waals surface area contributed by atoms with Crippen LogP contribution in [-0.4, -0.2) is 27.2 Å². The number of benzene rings is 1. The molecular formula is C10H16ClN3. The van der Waals surface area contributed by atoms with Gasteiger partial charge in [0, 0.05) is 25.2 Å². The predicted octanol–water partition coefficient (Wildman–Crippen LogP) is 1.58. The van der Waals surface area contributed by atoms with Crippen molar-refractivity contribution in [3.63, 3.8) is 0 Å². The molecule has 1 aromatic carbocycles. The average molecular weight is 214 g/mol. The molecule has 14 heavy (non-hydrogen) atoms. The van der Waals surface area contributed by atoms with Gasteiger partial charge in [-0.3, -0.25) is 0 Å². The Labute approximate surface area is 89.8 Å². The second-order valence-corrected chi connectivity index (χ2v) is 3.66. The highest BCUT2D eigenvalue weighted by atomic mass is 35.5. The molecule has 0 saturated heterocycles. The van der Waals surface area contributed by atoms with Gasteiger partial charge in [-0.05, 0) is 25.2 Å². The van der Waals surface area contributed by atoms with Crippen LogP contribution in [0.1, 0.15) is 0 Å². The van der Waals surface area contributed by atoms with Gasteiger partial charge in [0.25, 0.3) is 0 Å². The zero-order chi connectivity index (χ0) is 10.6. The van der Waals surface area contributed by atoms with Crippen LogP contribution < -0.4 is 16.0 Å². The Balaban J connectivity index is 2.77. The fraction of sp³-hybridized carbons (Fsp3) is 0.400. The molecule has 0 aliphatic carbocycles. The van der Waals surface area contributed by atoms with E-state index in [-0.39, 0.29) is 0 Å². The summed E-state index contributed by atoms with van der Waals surface area (Å²) in [5, 5.41) is 3.80. The van der Waals surface area contributed by atoms with Crippen molar-refractivity contribution in [3.05, 3.63) is 23.2 Å². The van der Waals surface area contributed by atoms with Crippen molar-refractivity contribution in [2.45, 2.75) is 0 Å². The van der Waals surface area contributed by atoms with Crippen molar-refractivity contribution in [2.24, 2.45) is 0 Å². The molecule has 0 aliphatic heterocycles. The Bertz CT molecular complexity index is 301. The number of anilines is 2. The van der Waals surface area contributed by atoms with Crippen molar-refractivity contribution in [2.75, 3.05) is 37.8 Å². The molecular weight excluding hydrogens is 198 g/mol. The van der Waals surface area contributed by atoms with Crippen molar-refractivity contribution < 1.29 is 0 Å². The molecule has 1 rings (SSSR count). The predicted molar refractivity (Wildman–Crippen MR) is 63.1 cm³/mol. The lowest BCUT2D eigenvalue weighted by molar-refractivity contribution is 0.768. The van der Waals surface area contributed by atoms with Crippen molar-refractivity contribution in [1.82, 2.24) is 5.32 Å². The molecule has 0 bridgehead atoms. The summed E-state index contributed by atoms with van der Waals surface area (Å²) in [7, 11) is 3.93. The highest BCUT2D eigenvalue weighted by Gasteiger charge is 2.04. The summed E-state index contributed by atoms with van der Waals surface area (Å²) in [6, 6.07) is 5.51. The first kappa shape index (κ1) is 11.1. The minimum atomic E-state index is 0.713. The van der Waals surface area contributed by atoms with E-state index < -0.39 is 0 Å². The number of nitrogens with two attached hydrogens (primary N) is 1. The average Bonchev–Trinajstić information content (AvgIpc) is 2.18. The lowest BCUT2D eigenvalue weighted by atomic mass is 10.2. The Kier molecular flexibility index (Phi) is 4.04. The van der Waals surface area contributed by atoms with E-state index in [1.54, 1.807) is 6.07 Å². The summed E-state index contributed by atoms with van der Waals surface area (Å²) in [6.07, 6.45) is 0. The first-order chi connectivity index (χ1) is 6.65. The fourth-order valence-corrected chi connectivity index (χ4v) is 1.41. The molecule has 0 radical (unpaired) electrons. The van der Waals surface area contributed by atoms with Gasteiger partial charge in [-0.2, -0.15) is 0 Å². The largest absolute Gasteiger partial charge is 0.397 e. The van der Waals surface area contributed by atoms with Gasteiger partial charge in [0.2, 0.25) is 0 Å². The van der Waals surface area contributed by atoms with Crippen LogP contribution in [0.25, 0.3) is 0 Å². The minimum Gasteiger partial charge on any atom is -0.397 e. The number of nitrogens with one attached hydrogen (secondary N) is 1. The summed E-state index contributed by atoms with van der Waals surface area (Å²) in [5.74, 6) is 0. The van der Waals surface area contributed by atoms with Crippen LogP contribution >= 0.6 is 11.6 Å². The zero-order valence-electron chi connectivity index (χ0n) is 8.55. The molecule has 0 unspecified atom stereocenters. The summed E-state index contributed by atoms with van der Waals surface area (Å²) < 4.78 is 0. The Hall–Kier alpha value is -0.930. The number of halogens is 1. The maximum Gasteiger partial charge on any atom is 0.0612 e. The quantitative estimate of drug-likeness (QED) is 0.747. The van der Waals surface area contributed by atoms with E-state index in [2.05, 4.69) is 10.2 Å². The normalized spacial score (nSPS) is 10.2. The molecule has 0 aromatic heterocycles. The Morgan fingerprint density at radius 1 is 1.50 bits per heavy atom. The van der Waals surface area contributed by atoms with Gasteiger partial charge in [-0.1, -0.05) is 11.6 Å². The molecule has 0 atom stereocenters. The Morgan fingerprint density at radius 3 is 2.86 bits per heavy atom. The van der Waals surface area contributed by atoms with Crippen molar-refractivity contribution in [1.29, 1.82) is 0 Å². The van der Waals surface area contributed by atoms with Crippen molar-refractivity contribution in [3.8, 4) is 0 Å². The van der Waals surface area contributed by atoms with Gasteiger partial charge in [-0.15, -0.1) is 0 Å². The van der Waals surface area contributed by atoms with Gasteiger partial charge >= 0.3 is 0 Å². The SMILES string of the molecule is CNCCN(C)c1cc(Cl)ccc1N. The molecule has 78 valence electrons. The van der Waals surface area contributed by atoms with Gasteiger partial charge in [-0.25, -0.2) is 0 Å². The molecule has 0 spiro atoms. The number of nitrogen functional groups attached to an aromatic ring is 1. The summed E-state index contributed by atoms with van der Waals surface area (Å²) >= 11 is 5.90. The van der Waals surface area contributed by atoms with Crippen molar-refractivity contribution >= 4 is 23.0 Å². The van der Waals surface area contributed by atoms with Gasteiger partial charge in [0.1, 0.15) is 0 Å². The van der Waals surface area contributed by atoms with Gasteiger partial charge in [0.05, 0.1) is 11.4 Å². The molecule has 0 amide bonds. The van der Waals surface area contributed by atoms with Gasteiger partial charge < -0.3 is 16.0 Å². The topological polar surface area (TPSA) is 41.3 Å². The van der Waals surface area contributed by atoms with E-state index in [4.69, 9.17) is 17.3 Å².